The van der Waals surface area contributed by atoms with Gasteiger partial charge in [0.15, 0.2) is 0 Å². The highest BCUT2D eigenvalue weighted by Crippen LogP contribution is 2.24. The van der Waals surface area contributed by atoms with Crippen LogP contribution in [0.4, 0.5) is 10.5 Å². The molecule has 1 aromatic carbocycles. The Balaban J connectivity index is 1.78. The van der Waals surface area contributed by atoms with Crippen molar-refractivity contribution in [2.45, 2.75) is 12.5 Å². The van der Waals surface area contributed by atoms with E-state index in [2.05, 4.69) is 10.6 Å². The van der Waals surface area contributed by atoms with Crippen molar-refractivity contribution in [3.8, 4) is 0 Å². The van der Waals surface area contributed by atoms with Crippen molar-refractivity contribution in [3.63, 3.8) is 0 Å². The molecule has 0 aliphatic carbocycles. The van der Waals surface area contributed by atoms with Gasteiger partial charge in [0.05, 0.1) is 22.8 Å². The molecule has 1 saturated heterocycles. The number of benzene rings is 1. The Morgan fingerprint density at radius 2 is 2.21 bits per heavy atom. The third-order valence-corrected chi connectivity index (χ3v) is 3.38. The summed E-state index contributed by atoms with van der Waals surface area (Å²) in [6.45, 7) is 1.37. The van der Waals surface area contributed by atoms with Gasteiger partial charge >= 0.3 is 6.03 Å². The van der Waals surface area contributed by atoms with Gasteiger partial charge in [-0.3, -0.25) is 0 Å². The van der Waals surface area contributed by atoms with Crippen LogP contribution in [-0.2, 0) is 9.47 Å². The average molecular weight is 305 g/mol. The number of rotatable bonds is 3. The van der Waals surface area contributed by atoms with Crippen molar-refractivity contribution in [3.05, 3.63) is 28.2 Å². The normalized spacial score (nSPS) is 18.9. The van der Waals surface area contributed by atoms with Crippen LogP contribution in [0.25, 0.3) is 0 Å². The average Bonchev–Trinajstić information content (AvgIpc) is 2.42. The van der Waals surface area contributed by atoms with Crippen LogP contribution in [-0.4, -0.2) is 32.1 Å². The summed E-state index contributed by atoms with van der Waals surface area (Å²) in [5, 5.41) is 6.24. The van der Waals surface area contributed by atoms with Crippen LogP contribution in [0.15, 0.2) is 18.2 Å². The molecule has 0 spiro atoms. The summed E-state index contributed by atoms with van der Waals surface area (Å²) < 4.78 is 10.4. The number of halogens is 2. The van der Waals surface area contributed by atoms with E-state index in [-0.39, 0.29) is 18.9 Å². The van der Waals surface area contributed by atoms with Crippen LogP contribution in [0.1, 0.15) is 6.42 Å². The zero-order chi connectivity index (χ0) is 13.7. The standard InChI is InChI=1S/C12H14Cl2N2O3/c13-10-2-1-8(5-11(10)14)16-12(17)15-6-9-3-4-18-7-19-9/h1-2,5,9H,3-4,6-7H2,(H2,15,16,17)/t9-/m1/s1. The topological polar surface area (TPSA) is 59.6 Å². The Kier molecular flexibility index (Phi) is 5.27. The lowest BCUT2D eigenvalue weighted by Gasteiger charge is -2.22. The van der Waals surface area contributed by atoms with Gasteiger partial charge in [-0.05, 0) is 24.6 Å². The van der Waals surface area contributed by atoms with Crippen LogP contribution >= 0.6 is 23.2 Å². The molecule has 1 aromatic rings. The molecule has 0 unspecified atom stereocenters. The quantitative estimate of drug-likeness (QED) is 0.902. The van der Waals surface area contributed by atoms with Crippen molar-refractivity contribution < 1.29 is 14.3 Å². The number of amides is 2. The minimum absolute atomic E-state index is 0.00620. The number of hydrogen-bond donors (Lipinski definition) is 2. The lowest BCUT2D eigenvalue weighted by molar-refractivity contribution is -0.136. The zero-order valence-electron chi connectivity index (χ0n) is 10.1. The molecule has 0 saturated carbocycles. The second-order valence-corrected chi connectivity index (χ2v) is 4.88. The summed E-state index contributed by atoms with van der Waals surface area (Å²) in [4.78, 5) is 11.7. The largest absolute Gasteiger partial charge is 0.355 e. The van der Waals surface area contributed by atoms with E-state index in [9.17, 15) is 4.79 Å². The van der Waals surface area contributed by atoms with Crippen LogP contribution in [0, 0.1) is 0 Å². The summed E-state index contributed by atoms with van der Waals surface area (Å²) >= 11 is 11.6. The van der Waals surface area contributed by atoms with E-state index in [0.717, 1.165) is 6.42 Å². The zero-order valence-corrected chi connectivity index (χ0v) is 11.6. The van der Waals surface area contributed by atoms with E-state index in [1.807, 2.05) is 0 Å². The lowest BCUT2D eigenvalue weighted by atomic mass is 10.2. The highest BCUT2D eigenvalue weighted by atomic mass is 35.5. The molecule has 5 nitrogen and oxygen atoms in total. The van der Waals surface area contributed by atoms with Gasteiger partial charge in [0.2, 0.25) is 0 Å². The highest BCUT2D eigenvalue weighted by molar-refractivity contribution is 6.42. The number of ether oxygens (including phenoxy) is 2. The first kappa shape index (κ1) is 14.4. The molecule has 1 aliphatic heterocycles. The maximum absolute atomic E-state index is 11.7. The van der Waals surface area contributed by atoms with Gasteiger partial charge in [-0.15, -0.1) is 0 Å². The fraction of sp³-hybridized carbons (Fsp3) is 0.417. The Morgan fingerprint density at radius 3 is 2.89 bits per heavy atom. The summed E-state index contributed by atoms with van der Waals surface area (Å²) in [6, 6.07) is 4.59. The SMILES string of the molecule is O=C(NC[C@H]1CCOCO1)Nc1ccc(Cl)c(Cl)c1. The first-order valence-corrected chi connectivity index (χ1v) is 6.60. The number of carbonyl (C=O) groups excluding carboxylic acids is 1. The van der Waals surface area contributed by atoms with E-state index in [1.54, 1.807) is 18.2 Å². The van der Waals surface area contributed by atoms with Gasteiger partial charge in [0.1, 0.15) is 6.79 Å². The molecule has 2 N–H and O–H groups in total. The molecule has 1 aliphatic rings. The van der Waals surface area contributed by atoms with Crippen molar-refractivity contribution >= 4 is 34.9 Å². The van der Waals surface area contributed by atoms with Gasteiger partial charge in [0, 0.05) is 12.2 Å². The van der Waals surface area contributed by atoms with Gasteiger partial charge < -0.3 is 20.1 Å². The summed E-state index contributed by atoms with van der Waals surface area (Å²) in [5.74, 6) is 0. The minimum Gasteiger partial charge on any atom is -0.355 e. The maximum Gasteiger partial charge on any atom is 0.319 e. The molecular weight excluding hydrogens is 291 g/mol. The first-order chi connectivity index (χ1) is 9.15. The second kappa shape index (κ2) is 6.96. The second-order valence-electron chi connectivity index (χ2n) is 4.07. The number of carbonyl (C=O) groups is 1. The van der Waals surface area contributed by atoms with Crippen molar-refractivity contribution in [1.82, 2.24) is 5.32 Å². The summed E-state index contributed by atoms with van der Waals surface area (Å²) in [6.07, 6.45) is 0.765. The van der Waals surface area contributed by atoms with E-state index in [0.29, 0.717) is 28.9 Å². The third kappa shape index (κ3) is 4.54. The van der Waals surface area contributed by atoms with Gasteiger partial charge in [0.25, 0.3) is 0 Å². The molecule has 0 bridgehead atoms. The molecule has 1 heterocycles. The van der Waals surface area contributed by atoms with Gasteiger partial charge in [-0.25, -0.2) is 4.79 Å². The molecule has 1 fully saturated rings. The Labute approximate surface area is 121 Å². The minimum atomic E-state index is -0.312. The number of nitrogens with one attached hydrogen (secondary N) is 2. The van der Waals surface area contributed by atoms with E-state index in [4.69, 9.17) is 32.7 Å². The molecule has 2 amide bonds. The number of hydrogen-bond acceptors (Lipinski definition) is 3. The Morgan fingerprint density at radius 1 is 1.37 bits per heavy atom. The van der Waals surface area contributed by atoms with Crippen LogP contribution in [0.5, 0.6) is 0 Å². The van der Waals surface area contributed by atoms with E-state index < -0.39 is 0 Å². The molecule has 7 heteroatoms. The molecule has 104 valence electrons. The van der Waals surface area contributed by atoms with Crippen molar-refractivity contribution in [2.24, 2.45) is 0 Å². The predicted octanol–water partition coefficient (Wildman–Crippen LogP) is 2.88. The van der Waals surface area contributed by atoms with Crippen LogP contribution in [0.2, 0.25) is 10.0 Å². The summed E-state index contributed by atoms with van der Waals surface area (Å²) in [5.41, 5.74) is 0.583. The van der Waals surface area contributed by atoms with Gasteiger partial charge in [-0.2, -0.15) is 0 Å². The molecular formula is C12H14Cl2N2O3. The van der Waals surface area contributed by atoms with Crippen LogP contribution in [0.3, 0.4) is 0 Å². The highest BCUT2D eigenvalue weighted by Gasteiger charge is 2.15. The van der Waals surface area contributed by atoms with Crippen molar-refractivity contribution in [1.29, 1.82) is 0 Å². The fourth-order valence-corrected chi connectivity index (χ4v) is 1.92. The van der Waals surface area contributed by atoms with Crippen molar-refractivity contribution in [2.75, 3.05) is 25.3 Å². The Bertz CT molecular complexity index is 451. The third-order valence-electron chi connectivity index (χ3n) is 2.64. The molecule has 1 atom stereocenters. The summed E-state index contributed by atoms with van der Waals surface area (Å²) in [7, 11) is 0. The van der Waals surface area contributed by atoms with Gasteiger partial charge in [-0.1, -0.05) is 23.2 Å². The van der Waals surface area contributed by atoms with Crippen LogP contribution < -0.4 is 10.6 Å². The van der Waals surface area contributed by atoms with E-state index in [1.165, 1.54) is 0 Å². The molecule has 0 radical (unpaired) electrons. The maximum atomic E-state index is 11.7. The first-order valence-electron chi connectivity index (χ1n) is 5.84. The smallest absolute Gasteiger partial charge is 0.319 e. The molecule has 2 rings (SSSR count). The Hall–Kier alpha value is -1.01. The predicted molar refractivity (Wildman–Crippen MR) is 73.8 cm³/mol. The lowest BCUT2D eigenvalue weighted by Crippen LogP contribution is -2.38. The fourth-order valence-electron chi connectivity index (χ4n) is 1.62. The molecule has 19 heavy (non-hydrogen) atoms. The molecule has 0 aromatic heterocycles. The number of urea groups is 1. The monoisotopic (exact) mass is 304 g/mol. The van der Waals surface area contributed by atoms with E-state index >= 15 is 0 Å². The number of anilines is 1.